The first kappa shape index (κ1) is 14.0. The van der Waals surface area contributed by atoms with Crippen molar-refractivity contribution in [2.75, 3.05) is 25.5 Å². The summed E-state index contributed by atoms with van der Waals surface area (Å²) in [5.41, 5.74) is 6.79. The van der Waals surface area contributed by atoms with Crippen LogP contribution in [0.4, 0.5) is 5.69 Å². The Morgan fingerprint density at radius 3 is 2.84 bits per heavy atom. The van der Waals surface area contributed by atoms with E-state index in [1.54, 1.807) is 12.1 Å². The highest BCUT2D eigenvalue weighted by molar-refractivity contribution is 7.89. The number of rotatable bonds is 5. The van der Waals surface area contributed by atoms with Crippen LogP contribution >= 0.6 is 0 Å². The average molecular weight is 283 g/mol. The van der Waals surface area contributed by atoms with Crippen LogP contribution in [0.1, 0.15) is 12.0 Å². The molecule has 1 aliphatic rings. The molecule has 2 rings (SSSR count). The third-order valence-electron chi connectivity index (χ3n) is 3.09. The van der Waals surface area contributed by atoms with E-state index in [-0.39, 0.29) is 17.2 Å². The van der Waals surface area contributed by atoms with Gasteiger partial charge < -0.3 is 11.1 Å². The van der Waals surface area contributed by atoms with Crippen LogP contribution in [-0.4, -0.2) is 38.8 Å². The van der Waals surface area contributed by atoms with Gasteiger partial charge in [-0.15, -0.1) is 0 Å². The predicted molar refractivity (Wildman–Crippen MR) is 72.3 cm³/mol. The number of hydrogen-bond acceptors (Lipinski definition) is 4. The molecule has 0 aliphatic carbocycles. The molecule has 19 heavy (non-hydrogen) atoms. The lowest BCUT2D eigenvalue weighted by molar-refractivity contribution is -0.115. The number of nitrogens with zero attached hydrogens (tertiary/aromatic N) is 1. The molecule has 0 spiro atoms. The van der Waals surface area contributed by atoms with Crippen molar-refractivity contribution in [2.45, 2.75) is 17.7 Å². The first-order valence-electron chi connectivity index (χ1n) is 6.04. The lowest BCUT2D eigenvalue weighted by Crippen LogP contribution is -2.29. The minimum absolute atomic E-state index is 0.110. The zero-order valence-electron chi connectivity index (χ0n) is 10.7. The van der Waals surface area contributed by atoms with Gasteiger partial charge in [0.1, 0.15) is 0 Å². The molecule has 1 aromatic rings. The van der Waals surface area contributed by atoms with E-state index in [1.807, 2.05) is 0 Å². The summed E-state index contributed by atoms with van der Waals surface area (Å²) >= 11 is 0. The average Bonchev–Trinajstić information content (AvgIpc) is 2.74. The van der Waals surface area contributed by atoms with Gasteiger partial charge in [0.25, 0.3) is 0 Å². The second-order valence-corrected chi connectivity index (χ2v) is 6.56. The summed E-state index contributed by atoms with van der Waals surface area (Å²) in [5, 5.41) is 2.68. The molecule has 0 atom stereocenters. The van der Waals surface area contributed by atoms with E-state index in [4.69, 9.17) is 5.73 Å². The molecule has 1 aromatic carbocycles. The van der Waals surface area contributed by atoms with E-state index < -0.39 is 10.0 Å². The summed E-state index contributed by atoms with van der Waals surface area (Å²) in [4.78, 5) is 11.5. The molecule has 0 bridgehead atoms. The van der Waals surface area contributed by atoms with Crippen molar-refractivity contribution in [2.24, 2.45) is 5.73 Å². The molecule has 0 fully saturated rings. The molecule has 0 radical (unpaired) electrons. The summed E-state index contributed by atoms with van der Waals surface area (Å²) in [7, 11) is -1.98. The molecule has 3 N–H and O–H groups in total. The maximum Gasteiger partial charge on any atom is 0.242 e. The van der Waals surface area contributed by atoms with Crippen molar-refractivity contribution in [3.8, 4) is 0 Å². The number of carbonyl (C=O) groups excluding carboxylic acids is 1. The fourth-order valence-corrected chi connectivity index (χ4v) is 3.24. The first-order valence-corrected chi connectivity index (χ1v) is 7.48. The van der Waals surface area contributed by atoms with Crippen LogP contribution in [0.3, 0.4) is 0 Å². The minimum atomic E-state index is -3.51. The Morgan fingerprint density at radius 1 is 1.42 bits per heavy atom. The molecule has 0 saturated carbocycles. The predicted octanol–water partition coefficient (Wildman–Crippen LogP) is 0.150. The molecule has 7 heteroatoms. The van der Waals surface area contributed by atoms with E-state index in [2.05, 4.69) is 5.32 Å². The minimum Gasteiger partial charge on any atom is -0.330 e. The highest BCUT2D eigenvalue weighted by Gasteiger charge is 2.24. The van der Waals surface area contributed by atoms with Crippen molar-refractivity contribution in [1.29, 1.82) is 0 Å². The Bertz CT molecular complexity index is 598. The zero-order chi connectivity index (χ0) is 14.0. The van der Waals surface area contributed by atoms with Gasteiger partial charge in [-0.3, -0.25) is 4.79 Å². The zero-order valence-corrected chi connectivity index (χ0v) is 11.5. The molecule has 1 heterocycles. The SMILES string of the molecule is CN(CCCN)S(=O)(=O)c1ccc2c(c1)CC(=O)N2. The van der Waals surface area contributed by atoms with Gasteiger partial charge in [-0.1, -0.05) is 0 Å². The van der Waals surface area contributed by atoms with E-state index in [0.29, 0.717) is 25.2 Å². The number of amides is 1. The summed E-state index contributed by atoms with van der Waals surface area (Å²) in [6.45, 7) is 0.829. The van der Waals surface area contributed by atoms with Gasteiger partial charge in [0.15, 0.2) is 0 Å². The van der Waals surface area contributed by atoms with Gasteiger partial charge in [-0.2, -0.15) is 0 Å². The summed E-state index contributed by atoms with van der Waals surface area (Å²) in [6.07, 6.45) is 0.839. The van der Waals surface area contributed by atoms with Gasteiger partial charge in [-0.25, -0.2) is 12.7 Å². The Labute approximate surface area is 112 Å². The van der Waals surface area contributed by atoms with Crippen molar-refractivity contribution >= 4 is 21.6 Å². The molecule has 0 unspecified atom stereocenters. The van der Waals surface area contributed by atoms with Crippen LogP contribution in [0.25, 0.3) is 0 Å². The Kier molecular flexibility index (Phi) is 3.88. The number of carbonyl (C=O) groups is 1. The van der Waals surface area contributed by atoms with E-state index in [9.17, 15) is 13.2 Å². The van der Waals surface area contributed by atoms with Crippen LogP contribution in [0.15, 0.2) is 23.1 Å². The maximum absolute atomic E-state index is 12.3. The molecule has 1 aliphatic heterocycles. The molecule has 0 saturated heterocycles. The molecule has 0 aromatic heterocycles. The Morgan fingerprint density at radius 2 is 2.16 bits per heavy atom. The van der Waals surface area contributed by atoms with Crippen molar-refractivity contribution in [1.82, 2.24) is 4.31 Å². The molecular weight excluding hydrogens is 266 g/mol. The Hall–Kier alpha value is -1.44. The quantitative estimate of drug-likeness (QED) is 0.804. The monoisotopic (exact) mass is 283 g/mol. The normalized spacial score (nSPS) is 14.6. The second kappa shape index (κ2) is 5.28. The molecule has 104 valence electrons. The van der Waals surface area contributed by atoms with E-state index in [1.165, 1.54) is 17.4 Å². The smallest absolute Gasteiger partial charge is 0.242 e. The lowest BCUT2D eigenvalue weighted by Gasteiger charge is -2.17. The summed E-state index contributed by atoms with van der Waals surface area (Å²) in [5.74, 6) is -0.110. The fraction of sp³-hybridized carbons (Fsp3) is 0.417. The standard InChI is InChI=1S/C12H17N3O3S/c1-15(6-2-5-13)19(17,18)10-3-4-11-9(7-10)8-12(16)14-11/h3-4,7H,2,5-6,8,13H2,1H3,(H,14,16). The highest BCUT2D eigenvalue weighted by atomic mass is 32.2. The Balaban J connectivity index is 2.27. The number of sulfonamides is 1. The first-order chi connectivity index (χ1) is 8.95. The van der Waals surface area contributed by atoms with Crippen molar-refractivity contribution < 1.29 is 13.2 Å². The summed E-state index contributed by atoms with van der Waals surface area (Å²) < 4.78 is 25.9. The van der Waals surface area contributed by atoms with Crippen LogP contribution < -0.4 is 11.1 Å². The molecule has 6 nitrogen and oxygen atoms in total. The van der Waals surface area contributed by atoms with Gasteiger partial charge in [0.05, 0.1) is 11.3 Å². The van der Waals surface area contributed by atoms with Crippen LogP contribution in [0.2, 0.25) is 0 Å². The number of nitrogens with two attached hydrogens (primary N) is 1. The second-order valence-electron chi connectivity index (χ2n) is 4.51. The molecule has 1 amide bonds. The maximum atomic E-state index is 12.3. The number of benzene rings is 1. The number of anilines is 1. The van der Waals surface area contributed by atoms with Crippen LogP contribution in [-0.2, 0) is 21.2 Å². The summed E-state index contributed by atoms with van der Waals surface area (Å²) in [6, 6.07) is 4.70. The van der Waals surface area contributed by atoms with Gasteiger partial charge in [0, 0.05) is 19.3 Å². The van der Waals surface area contributed by atoms with E-state index in [0.717, 1.165) is 5.56 Å². The van der Waals surface area contributed by atoms with Gasteiger partial charge >= 0.3 is 0 Å². The highest BCUT2D eigenvalue weighted by Crippen LogP contribution is 2.26. The number of hydrogen-bond donors (Lipinski definition) is 2. The van der Waals surface area contributed by atoms with Crippen LogP contribution in [0.5, 0.6) is 0 Å². The third-order valence-corrected chi connectivity index (χ3v) is 4.94. The van der Waals surface area contributed by atoms with E-state index >= 15 is 0 Å². The van der Waals surface area contributed by atoms with Crippen molar-refractivity contribution in [3.05, 3.63) is 23.8 Å². The molecular formula is C12H17N3O3S. The topological polar surface area (TPSA) is 92.5 Å². The van der Waals surface area contributed by atoms with Gasteiger partial charge in [0.2, 0.25) is 15.9 Å². The number of nitrogens with one attached hydrogen (secondary N) is 1. The van der Waals surface area contributed by atoms with Crippen molar-refractivity contribution in [3.63, 3.8) is 0 Å². The van der Waals surface area contributed by atoms with Crippen LogP contribution in [0, 0.1) is 0 Å². The third kappa shape index (κ3) is 2.78. The largest absolute Gasteiger partial charge is 0.330 e. The fourth-order valence-electron chi connectivity index (χ4n) is 1.98. The lowest BCUT2D eigenvalue weighted by atomic mass is 10.2. The van der Waals surface area contributed by atoms with Gasteiger partial charge in [-0.05, 0) is 36.7 Å². The number of fused-ring (bicyclic) bond motifs is 1.